The molecule has 0 aromatic heterocycles. The summed E-state index contributed by atoms with van der Waals surface area (Å²) in [5.41, 5.74) is 0.620. The molecule has 1 aliphatic rings. The van der Waals surface area contributed by atoms with Gasteiger partial charge in [-0.2, -0.15) is 8.78 Å². The van der Waals surface area contributed by atoms with Crippen LogP contribution >= 0.6 is 0 Å². The number of alkyl halides is 2. The maximum atomic E-state index is 12.4. The fourth-order valence-corrected chi connectivity index (χ4v) is 2.43. The summed E-state index contributed by atoms with van der Waals surface area (Å²) in [5.74, 6) is 0.273. The number of halogens is 2. The van der Waals surface area contributed by atoms with Crippen LogP contribution in [0.4, 0.5) is 14.5 Å². The van der Waals surface area contributed by atoms with Crippen LogP contribution in [0, 0.1) is 5.92 Å². The normalized spacial score (nSPS) is 23.8. The molecule has 0 amide bonds. The van der Waals surface area contributed by atoms with Gasteiger partial charge in [-0.25, -0.2) is 0 Å². The number of hydrogen-bond donors (Lipinski definition) is 0. The van der Waals surface area contributed by atoms with E-state index in [1.54, 1.807) is 18.2 Å². The van der Waals surface area contributed by atoms with Gasteiger partial charge in [0, 0.05) is 24.9 Å². The zero-order valence-corrected chi connectivity index (χ0v) is 11.0. The van der Waals surface area contributed by atoms with Gasteiger partial charge in [0.2, 0.25) is 0 Å². The van der Waals surface area contributed by atoms with E-state index in [2.05, 4.69) is 4.74 Å². The van der Waals surface area contributed by atoms with Crippen molar-refractivity contribution in [3.8, 4) is 5.75 Å². The number of Topliss-reactive ketones (excluding diaryl/α,β-unsaturated/α-hetero) is 1. The van der Waals surface area contributed by atoms with Crippen molar-refractivity contribution < 1.29 is 18.3 Å². The van der Waals surface area contributed by atoms with E-state index in [1.807, 2.05) is 18.7 Å². The molecule has 5 heteroatoms. The molecular formula is C14H17F2NO2. The summed E-state index contributed by atoms with van der Waals surface area (Å²) >= 11 is 0. The van der Waals surface area contributed by atoms with Gasteiger partial charge in [0.15, 0.2) is 0 Å². The molecule has 0 saturated carbocycles. The van der Waals surface area contributed by atoms with E-state index < -0.39 is 6.61 Å². The van der Waals surface area contributed by atoms with Crippen molar-refractivity contribution in [2.75, 3.05) is 11.4 Å². The van der Waals surface area contributed by atoms with E-state index in [4.69, 9.17) is 0 Å². The average molecular weight is 269 g/mol. The third-order valence-electron chi connectivity index (χ3n) is 3.71. The van der Waals surface area contributed by atoms with Crippen molar-refractivity contribution in [1.82, 2.24) is 0 Å². The number of rotatable bonds is 3. The van der Waals surface area contributed by atoms with Gasteiger partial charge in [-0.3, -0.25) is 4.79 Å². The van der Waals surface area contributed by atoms with E-state index in [9.17, 15) is 13.6 Å². The number of ketones is 1. The predicted molar refractivity (Wildman–Crippen MR) is 68.7 cm³/mol. The number of piperidine rings is 1. The quantitative estimate of drug-likeness (QED) is 0.844. The Labute approximate surface area is 111 Å². The average Bonchev–Trinajstić information content (AvgIpc) is 2.37. The van der Waals surface area contributed by atoms with E-state index >= 15 is 0 Å². The molecule has 1 aliphatic heterocycles. The Hall–Kier alpha value is -1.65. The van der Waals surface area contributed by atoms with Gasteiger partial charge in [-0.05, 0) is 19.1 Å². The number of nitrogens with zero attached hydrogens (tertiary/aromatic N) is 1. The highest BCUT2D eigenvalue weighted by Gasteiger charge is 2.32. The highest BCUT2D eigenvalue weighted by molar-refractivity contribution is 5.84. The van der Waals surface area contributed by atoms with Crippen molar-refractivity contribution in [3.63, 3.8) is 0 Å². The van der Waals surface area contributed by atoms with Crippen LogP contribution in [-0.2, 0) is 4.79 Å². The van der Waals surface area contributed by atoms with Crippen LogP contribution in [0.5, 0.6) is 5.75 Å². The van der Waals surface area contributed by atoms with Crippen molar-refractivity contribution >= 4 is 11.5 Å². The first-order valence-electron chi connectivity index (χ1n) is 6.34. The molecule has 0 radical (unpaired) electrons. The summed E-state index contributed by atoms with van der Waals surface area (Å²) in [4.78, 5) is 13.6. The first kappa shape index (κ1) is 13.8. The Morgan fingerprint density at radius 1 is 1.32 bits per heavy atom. The van der Waals surface area contributed by atoms with Crippen molar-refractivity contribution in [2.45, 2.75) is 32.9 Å². The van der Waals surface area contributed by atoms with Crippen molar-refractivity contribution in [2.24, 2.45) is 5.92 Å². The molecule has 0 spiro atoms. The standard InChI is InChI=1S/C14H17F2NO2/c1-9-10(2)17(8-7-12(9)18)11-5-3-4-6-13(11)19-14(15)16/h3-6,9-10,14H,7-8H2,1-2H3. The molecule has 104 valence electrons. The lowest BCUT2D eigenvalue weighted by Crippen LogP contribution is -2.47. The van der Waals surface area contributed by atoms with Crippen molar-refractivity contribution in [3.05, 3.63) is 24.3 Å². The predicted octanol–water partition coefficient (Wildman–Crippen LogP) is 3.09. The first-order chi connectivity index (χ1) is 9.00. The van der Waals surface area contributed by atoms with E-state index in [0.717, 1.165) is 0 Å². The lowest BCUT2D eigenvalue weighted by Gasteiger charge is -2.39. The first-order valence-corrected chi connectivity index (χ1v) is 6.34. The number of carbonyl (C=O) groups is 1. The molecule has 3 nitrogen and oxygen atoms in total. The third-order valence-corrected chi connectivity index (χ3v) is 3.71. The van der Waals surface area contributed by atoms with Gasteiger partial charge in [-0.15, -0.1) is 0 Å². The van der Waals surface area contributed by atoms with Crippen molar-refractivity contribution in [1.29, 1.82) is 0 Å². The zero-order valence-electron chi connectivity index (χ0n) is 11.0. The fraction of sp³-hybridized carbons (Fsp3) is 0.500. The summed E-state index contributed by atoms with van der Waals surface area (Å²) in [5, 5.41) is 0. The molecule has 0 aliphatic carbocycles. The Morgan fingerprint density at radius 3 is 2.68 bits per heavy atom. The van der Waals surface area contributed by atoms with Crippen LogP contribution in [0.1, 0.15) is 20.3 Å². The second kappa shape index (κ2) is 5.55. The molecule has 2 unspecified atom stereocenters. The molecule has 2 atom stereocenters. The van der Waals surface area contributed by atoms with E-state index in [-0.39, 0.29) is 23.5 Å². The van der Waals surface area contributed by atoms with Crippen LogP contribution in [0.15, 0.2) is 24.3 Å². The summed E-state index contributed by atoms with van der Waals surface area (Å²) < 4.78 is 29.4. The largest absolute Gasteiger partial charge is 0.433 e. The number of para-hydroxylation sites is 2. The fourth-order valence-electron chi connectivity index (χ4n) is 2.43. The Balaban J connectivity index is 2.28. The molecule has 2 rings (SSSR count). The molecule has 0 bridgehead atoms. The number of carbonyl (C=O) groups excluding carboxylic acids is 1. The minimum absolute atomic E-state index is 0.0244. The van der Waals surface area contributed by atoms with Crippen LogP contribution in [0.3, 0.4) is 0 Å². The Kier molecular flexibility index (Phi) is 4.02. The topological polar surface area (TPSA) is 29.5 Å². The minimum Gasteiger partial charge on any atom is -0.433 e. The van der Waals surface area contributed by atoms with Crippen LogP contribution in [0.25, 0.3) is 0 Å². The molecular weight excluding hydrogens is 252 g/mol. The number of hydrogen-bond acceptors (Lipinski definition) is 3. The van der Waals surface area contributed by atoms with Gasteiger partial charge in [0.05, 0.1) is 5.69 Å². The van der Waals surface area contributed by atoms with Crippen LogP contribution < -0.4 is 9.64 Å². The summed E-state index contributed by atoms with van der Waals surface area (Å²) in [7, 11) is 0. The van der Waals surface area contributed by atoms with Gasteiger partial charge in [-0.1, -0.05) is 19.1 Å². The molecule has 1 aromatic carbocycles. The smallest absolute Gasteiger partial charge is 0.387 e. The van der Waals surface area contributed by atoms with Gasteiger partial charge >= 0.3 is 6.61 Å². The van der Waals surface area contributed by atoms with Gasteiger partial charge in [0.1, 0.15) is 11.5 Å². The second-order valence-electron chi connectivity index (χ2n) is 4.79. The minimum atomic E-state index is -2.85. The molecule has 0 N–H and O–H groups in total. The zero-order chi connectivity index (χ0) is 14.0. The maximum Gasteiger partial charge on any atom is 0.387 e. The molecule has 1 fully saturated rings. The SMILES string of the molecule is CC1C(=O)CCN(c2ccccc2OC(F)F)C1C. The molecule has 19 heavy (non-hydrogen) atoms. The summed E-state index contributed by atoms with van der Waals surface area (Å²) in [6, 6.07) is 6.68. The number of anilines is 1. The lowest BCUT2D eigenvalue weighted by atomic mass is 9.90. The van der Waals surface area contributed by atoms with Crippen LogP contribution in [-0.4, -0.2) is 25.0 Å². The van der Waals surface area contributed by atoms with E-state index in [0.29, 0.717) is 18.7 Å². The number of ether oxygens (including phenoxy) is 1. The highest BCUT2D eigenvalue weighted by atomic mass is 19.3. The summed E-state index contributed by atoms with van der Waals surface area (Å²) in [6.07, 6.45) is 0.439. The summed E-state index contributed by atoms with van der Waals surface area (Å²) in [6.45, 7) is 1.49. The molecule has 1 heterocycles. The third kappa shape index (κ3) is 2.85. The van der Waals surface area contributed by atoms with Crippen LogP contribution in [0.2, 0.25) is 0 Å². The highest BCUT2D eigenvalue weighted by Crippen LogP contribution is 2.34. The Morgan fingerprint density at radius 2 is 2.00 bits per heavy atom. The van der Waals surface area contributed by atoms with Gasteiger partial charge in [0.25, 0.3) is 0 Å². The molecule has 1 aromatic rings. The van der Waals surface area contributed by atoms with E-state index in [1.165, 1.54) is 6.07 Å². The second-order valence-corrected chi connectivity index (χ2v) is 4.79. The van der Waals surface area contributed by atoms with Gasteiger partial charge < -0.3 is 9.64 Å². The monoisotopic (exact) mass is 269 g/mol. The number of benzene rings is 1. The Bertz CT molecular complexity index is 465. The lowest BCUT2D eigenvalue weighted by molar-refractivity contribution is -0.123. The maximum absolute atomic E-state index is 12.4. The molecule has 1 saturated heterocycles.